The highest BCUT2D eigenvalue weighted by molar-refractivity contribution is 5.30. The Balaban J connectivity index is 1.51. The summed E-state index contributed by atoms with van der Waals surface area (Å²) in [5.74, 6) is 2.78. The lowest BCUT2D eigenvalue weighted by Gasteiger charge is -2.24. The van der Waals surface area contributed by atoms with E-state index >= 15 is 0 Å². The zero-order valence-electron chi connectivity index (χ0n) is 13.3. The van der Waals surface area contributed by atoms with Gasteiger partial charge in [0.25, 0.3) is 0 Å². The highest BCUT2D eigenvalue weighted by Crippen LogP contribution is 2.41. The fraction of sp³-hybridized carbons (Fsp3) is 0.684. The highest BCUT2D eigenvalue weighted by Gasteiger charge is 2.32. The second-order valence-corrected chi connectivity index (χ2v) is 6.84. The standard InChI is InChI=1S/C19H29NO/c1-21-18-11-9-17(10-12-18)19(16-7-8-16)20-14-13-15-5-3-2-4-6-15/h9-12,15-16,19-20H,2-8,13-14H2,1H3. The third-order valence-corrected chi connectivity index (χ3v) is 5.21. The van der Waals surface area contributed by atoms with Gasteiger partial charge in [-0.05, 0) is 55.3 Å². The molecule has 2 aliphatic rings. The van der Waals surface area contributed by atoms with Crippen LogP contribution in [0.15, 0.2) is 24.3 Å². The summed E-state index contributed by atoms with van der Waals surface area (Å²) >= 11 is 0. The Morgan fingerprint density at radius 3 is 2.38 bits per heavy atom. The van der Waals surface area contributed by atoms with E-state index in [-0.39, 0.29) is 0 Å². The summed E-state index contributed by atoms with van der Waals surface area (Å²) in [7, 11) is 1.73. The minimum atomic E-state index is 0.555. The molecule has 0 aliphatic heterocycles. The second kappa shape index (κ2) is 7.31. The molecule has 1 aromatic rings. The Morgan fingerprint density at radius 2 is 1.76 bits per heavy atom. The molecule has 0 bridgehead atoms. The van der Waals surface area contributed by atoms with E-state index in [0.717, 1.165) is 17.6 Å². The molecule has 0 amide bonds. The Bertz CT molecular complexity index is 418. The summed E-state index contributed by atoms with van der Waals surface area (Å²) < 4.78 is 5.27. The Labute approximate surface area is 129 Å². The summed E-state index contributed by atoms with van der Waals surface area (Å²) in [6.45, 7) is 1.18. The van der Waals surface area contributed by atoms with Crippen molar-refractivity contribution in [1.29, 1.82) is 0 Å². The quantitative estimate of drug-likeness (QED) is 0.784. The number of methoxy groups -OCH3 is 1. The van der Waals surface area contributed by atoms with Crippen LogP contribution in [0.3, 0.4) is 0 Å². The van der Waals surface area contributed by atoms with E-state index in [0.29, 0.717) is 6.04 Å². The number of rotatable bonds is 7. The molecular formula is C19H29NO. The van der Waals surface area contributed by atoms with Gasteiger partial charge in [-0.15, -0.1) is 0 Å². The van der Waals surface area contributed by atoms with Gasteiger partial charge in [0.15, 0.2) is 0 Å². The molecule has 2 saturated carbocycles. The molecule has 0 spiro atoms. The monoisotopic (exact) mass is 287 g/mol. The van der Waals surface area contributed by atoms with Crippen molar-refractivity contribution >= 4 is 0 Å². The average Bonchev–Trinajstić information content (AvgIpc) is 3.38. The van der Waals surface area contributed by atoms with Crippen LogP contribution in [0.1, 0.15) is 63.0 Å². The van der Waals surface area contributed by atoms with Gasteiger partial charge in [0.2, 0.25) is 0 Å². The van der Waals surface area contributed by atoms with Crippen molar-refractivity contribution in [3.63, 3.8) is 0 Å². The maximum absolute atomic E-state index is 5.27. The van der Waals surface area contributed by atoms with Crippen LogP contribution in [-0.2, 0) is 0 Å². The minimum Gasteiger partial charge on any atom is -0.497 e. The third-order valence-electron chi connectivity index (χ3n) is 5.21. The predicted octanol–water partition coefficient (Wildman–Crippen LogP) is 4.71. The molecule has 2 aliphatic carbocycles. The van der Waals surface area contributed by atoms with Crippen molar-refractivity contribution in [2.45, 2.75) is 57.4 Å². The smallest absolute Gasteiger partial charge is 0.118 e. The number of hydrogen-bond acceptors (Lipinski definition) is 2. The second-order valence-electron chi connectivity index (χ2n) is 6.84. The largest absolute Gasteiger partial charge is 0.497 e. The van der Waals surface area contributed by atoms with E-state index in [1.165, 1.54) is 63.5 Å². The molecule has 1 atom stereocenters. The van der Waals surface area contributed by atoms with Gasteiger partial charge < -0.3 is 10.1 Å². The van der Waals surface area contributed by atoms with E-state index in [4.69, 9.17) is 4.74 Å². The molecule has 1 unspecified atom stereocenters. The maximum Gasteiger partial charge on any atom is 0.118 e. The van der Waals surface area contributed by atoms with Crippen molar-refractivity contribution in [2.24, 2.45) is 11.8 Å². The van der Waals surface area contributed by atoms with Crippen LogP contribution >= 0.6 is 0 Å². The summed E-state index contributed by atoms with van der Waals surface area (Å²) in [6, 6.07) is 9.20. The number of ether oxygens (including phenoxy) is 1. The lowest BCUT2D eigenvalue weighted by Crippen LogP contribution is -2.26. The molecule has 3 rings (SSSR count). The Hall–Kier alpha value is -1.02. The first kappa shape index (κ1) is 14.9. The van der Waals surface area contributed by atoms with Crippen molar-refractivity contribution < 1.29 is 4.74 Å². The van der Waals surface area contributed by atoms with Gasteiger partial charge >= 0.3 is 0 Å². The fourth-order valence-electron chi connectivity index (χ4n) is 3.72. The first-order valence-corrected chi connectivity index (χ1v) is 8.74. The molecule has 0 saturated heterocycles. The van der Waals surface area contributed by atoms with Gasteiger partial charge in [0.05, 0.1) is 7.11 Å². The zero-order valence-corrected chi connectivity index (χ0v) is 13.3. The van der Waals surface area contributed by atoms with Gasteiger partial charge in [-0.25, -0.2) is 0 Å². The Morgan fingerprint density at radius 1 is 1.05 bits per heavy atom. The highest BCUT2D eigenvalue weighted by atomic mass is 16.5. The van der Waals surface area contributed by atoms with Gasteiger partial charge in [0, 0.05) is 6.04 Å². The molecule has 1 aromatic carbocycles. The Kier molecular flexibility index (Phi) is 5.18. The average molecular weight is 287 g/mol. The van der Waals surface area contributed by atoms with E-state index in [1.54, 1.807) is 7.11 Å². The van der Waals surface area contributed by atoms with Gasteiger partial charge in [-0.2, -0.15) is 0 Å². The van der Waals surface area contributed by atoms with Crippen LogP contribution in [0.25, 0.3) is 0 Å². The molecular weight excluding hydrogens is 258 g/mol. The minimum absolute atomic E-state index is 0.555. The zero-order chi connectivity index (χ0) is 14.5. The number of nitrogens with one attached hydrogen (secondary N) is 1. The lowest BCUT2D eigenvalue weighted by molar-refractivity contribution is 0.324. The van der Waals surface area contributed by atoms with Crippen LogP contribution in [0, 0.1) is 11.8 Å². The van der Waals surface area contributed by atoms with Gasteiger partial charge in [-0.1, -0.05) is 44.2 Å². The third kappa shape index (κ3) is 4.23. The van der Waals surface area contributed by atoms with Crippen molar-refractivity contribution in [1.82, 2.24) is 5.32 Å². The molecule has 2 nitrogen and oxygen atoms in total. The normalized spacial score (nSPS) is 21.2. The van der Waals surface area contributed by atoms with Crippen molar-refractivity contribution in [3.05, 3.63) is 29.8 Å². The summed E-state index contributed by atoms with van der Waals surface area (Å²) in [5, 5.41) is 3.84. The van der Waals surface area contributed by atoms with Crippen LogP contribution in [0.5, 0.6) is 5.75 Å². The van der Waals surface area contributed by atoms with Crippen LogP contribution < -0.4 is 10.1 Å². The SMILES string of the molecule is COc1ccc(C(NCCC2CCCCC2)C2CC2)cc1. The molecule has 2 heteroatoms. The van der Waals surface area contributed by atoms with Crippen molar-refractivity contribution in [2.75, 3.05) is 13.7 Å². The first-order valence-electron chi connectivity index (χ1n) is 8.74. The van der Waals surface area contributed by atoms with Gasteiger partial charge in [-0.3, -0.25) is 0 Å². The van der Waals surface area contributed by atoms with Crippen LogP contribution in [-0.4, -0.2) is 13.7 Å². The molecule has 2 fully saturated rings. The van der Waals surface area contributed by atoms with Gasteiger partial charge in [0.1, 0.15) is 5.75 Å². The fourth-order valence-corrected chi connectivity index (χ4v) is 3.72. The predicted molar refractivity (Wildman–Crippen MR) is 87.7 cm³/mol. The lowest BCUT2D eigenvalue weighted by atomic mass is 9.87. The molecule has 0 heterocycles. The first-order chi connectivity index (χ1) is 10.4. The summed E-state index contributed by atoms with van der Waals surface area (Å²) in [4.78, 5) is 0. The van der Waals surface area contributed by atoms with Crippen molar-refractivity contribution in [3.8, 4) is 5.75 Å². The van der Waals surface area contributed by atoms with E-state index in [1.807, 2.05) is 0 Å². The maximum atomic E-state index is 5.27. The molecule has 0 radical (unpaired) electrons. The topological polar surface area (TPSA) is 21.3 Å². The summed E-state index contributed by atoms with van der Waals surface area (Å²) in [5.41, 5.74) is 1.43. The molecule has 0 aromatic heterocycles. The summed E-state index contributed by atoms with van der Waals surface area (Å²) in [6.07, 6.45) is 11.4. The van der Waals surface area contributed by atoms with Crippen LogP contribution in [0.4, 0.5) is 0 Å². The van der Waals surface area contributed by atoms with E-state index in [2.05, 4.69) is 29.6 Å². The molecule has 1 N–H and O–H groups in total. The number of hydrogen-bond donors (Lipinski definition) is 1. The van der Waals surface area contributed by atoms with E-state index in [9.17, 15) is 0 Å². The molecule has 21 heavy (non-hydrogen) atoms. The molecule has 116 valence electrons. The van der Waals surface area contributed by atoms with Crippen LogP contribution in [0.2, 0.25) is 0 Å². The number of benzene rings is 1. The van der Waals surface area contributed by atoms with E-state index < -0.39 is 0 Å².